The van der Waals surface area contributed by atoms with Gasteiger partial charge in [0.15, 0.2) is 0 Å². The fraction of sp³-hybridized carbons (Fsp3) is 0.143. The van der Waals surface area contributed by atoms with Crippen molar-refractivity contribution in [2.24, 2.45) is 5.73 Å². The van der Waals surface area contributed by atoms with Crippen molar-refractivity contribution in [2.45, 2.75) is 13.8 Å². The van der Waals surface area contributed by atoms with Crippen LogP contribution in [0, 0.1) is 13.8 Å². The Kier molecular flexibility index (Phi) is 3.58. The summed E-state index contributed by atoms with van der Waals surface area (Å²) < 4.78 is 0. The van der Waals surface area contributed by atoms with Gasteiger partial charge in [-0.25, -0.2) is 4.98 Å². The third-order valence-corrected chi connectivity index (χ3v) is 2.92. The molecular formula is C14H15N3S. The zero-order valence-corrected chi connectivity index (χ0v) is 11.2. The number of nitrogens with zero attached hydrogens (tertiary/aromatic N) is 1. The molecule has 0 aliphatic rings. The predicted octanol–water partition coefficient (Wildman–Crippen LogP) is 3.08. The van der Waals surface area contributed by atoms with Crippen LogP contribution in [-0.4, -0.2) is 9.97 Å². The average Bonchev–Trinajstić information content (AvgIpc) is 2.33. The van der Waals surface area contributed by atoms with Crippen LogP contribution in [0.1, 0.15) is 16.7 Å². The highest BCUT2D eigenvalue weighted by atomic mass is 32.1. The fourth-order valence-electron chi connectivity index (χ4n) is 1.74. The third-order valence-electron chi connectivity index (χ3n) is 2.69. The lowest BCUT2D eigenvalue weighted by molar-refractivity contribution is 1.28. The summed E-state index contributed by atoms with van der Waals surface area (Å²) in [5, 5.41) is 3.27. The molecule has 0 unspecified atom stereocenters. The molecule has 0 saturated carbocycles. The van der Waals surface area contributed by atoms with Crippen LogP contribution in [-0.2, 0) is 0 Å². The number of hydrogen-bond acceptors (Lipinski definition) is 3. The van der Waals surface area contributed by atoms with Crippen LogP contribution < -0.4 is 11.1 Å². The van der Waals surface area contributed by atoms with Crippen LogP contribution in [0.4, 0.5) is 11.5 Å². The minimum Gasteiger partial charge on any atom is -0.389 e. The monoisotopic (exact) mass is 257 g/mol. The molecule has 0 spiro atoms. The molecular weight excluding hydrogens is 242 g/mol. The topological polar surface area (TPSA) is 50.9 Å². The van der Waals surface area contributed by atoms with E-state index in [1.165, 1.54) is 11.1 Å². The molecule has 3 N–H and O–H groups in total. The first-order chi connectivity index (χ1) is 8.56. The Morgan fingerprint density at radius 2 is 2.00 bits per heavy atom. The number of thiocarbonyl (C=S) groups is 1. The molecule has 0 atom stereocenters. The molecule has 4 heteroatoms. The van der Waals surface area contributed by atoms with Gasteiger partial charge in [-0.15, -0.1) is 0 Å². The second kappa shape index (κ2) is 5.14. The number of nitrogens with one attached hydrogen (secondary N) is 1. The molecule has 3 nitrogen and oxygen atoms in total. The Morgan fingerprint density at radius 1 is 1.22 bits per heavy atom. The van der Waals surface area contributed by atoms with Crippen molar-refractivity contribution < 1.29 is 0 Å². The van der Waals surface area contributed by atoms with Crippen molar-refractivity contribution >= 4 is 28.7 Å². The van der Waals surface area contributed by atoms with E-state index in [1.54, 1.807) is 12.3 Å². The Morgan fingerprint density at radius 3 is 2.67 bits per heavy atom. The lowest BCUT2D eigenvalue weighted by atomic mass is 10.1. The van der Waals surface area contributed by atoms with Crippen molar-refractivity contribution in [3.63, 3.8) is 0 Å². The first-order valence-electron chi connectivity index (χ1n) is 5.66. The highest BCUT2D eigenvalue weighted by Gasteiger charge is 2.02. The summed E-state index contributed by atoms with van der Waals surface area (Å²) in [5.41, 5.74) is 9.87. The van der Waals surface area contributed by atoms with E-state index in [9.17, 15) is 0 Å². The van der Waals surface area contributed by atoms with E-state index in [2.05, 4.69) is 36.3 Å². The van der Waals surface area contributed by atoms with Crippen molar-refractivity contribution in [1.82, 2.24) is 4.98 Å². The number of rotatable bonds is 3. The summed E-state index contributed by atoms with van der Waals surface area (Å²) in [6, 6.07) is 9.88. The van der Waals surface area contributed by atoms with Crippen molar-refractivity contribution in [3.05, 3.63) is 53.2 Å². The number of aryl methyl sites for hydroxylation is 2. The molecule has 0 saturated heterocycles. The number of hydrogen-bond donors (Lipinski definition) is 2. The molecule has 1 aromatic heterocycles. The van der Waals surface area contributed by atoms with Gasteiger partial charge in [-0.05, 0) is 37.6 Å². The Hall–Kier alpha value is -1.94. The average molecular weight is 257 g/mol. The van der Waals surface area contributed by atoms with E-state index in [-0.39, 0.29) is 0 Å². The van der Waals surface area contributed by atoms with E-state index in [0.29, 0.717) is 4.99 Å². The lowest BCUT2D eigenvalue weighted by Crippen LogP contribution is -2.10. The molecule has 0 amide bonds. The zero-order valence-electron chi connectivity index (χ0n) is 10.4. The molecule has 0 bridgehead atoms. The summed E-state index contributed by atoms with van der Waals surface area (Å²) in [7, 11) is 0. The van der Waals surface area contributed by atoms with Crippen LogP contribution in [0.3, 0.4) is 0 Å². The Labute approximate surface area is 112 Å². The number of anilines is 2. The summed E-state index contributed by atoms with van der Waals surface area (Å²) in [5.74, 6) is 0.743. The number of benzene rings is 1. The normalized spacial score (nSPS) is 10.1. The van der Waals surface area contributed by atoms with Crippen molar-refractivity contribution in [1.29, 1.82) is 0 Å². The van der Waals surface area contributed by atoms with Crippen LogP contribution in [0.15, 0.2) is 36.5 Å². The van der Waals surface area contributed by atoms with Gasteiger partial charge in [-0.3, -0.25) is 0 Å². The predicted molar refractivity (Wildman–Crippen MR) is 79.3 cm³/mol. The van der Waals surface area contributed by atoms with Gasteiger partial charge in [-0.1, -0.05) is 29.9 Å². The molecule has 0 aliphatic heterocycles. The molecule has 2 rings (SSSR count). The van der Waals surface area contributed by atoms with Gasteiger partial charge in [0, 0.05) is 17.4 Å². The first kappa shape index (κ1) is 12.5. The Balaban J connectivity index is 2.28. The van der Waals surface area contributed by atoms with Gasteiger partial charge in [0.05, 0.1) is 0 Å². The quantitative estimate of drug-likeness (QED) is 0.830. The highest BCUT2D eigenvalue weighted by molar-refractivity contribution is 7.80. The summed E-state index contributed by atoms with van der Waals surface area (Å²) in [4.78, 5) is 4.63. The van der Waals surface area contributed by atoms with Crippen molar-refractivity contribution in [3.8, 4) is 0 Å². The Bertz CT molecular complexity index is 593. The van der Waals surface area contributed by atoms with Gasteiger partial charge < -0.3 is 11.1 Å². The maximum absolute atomic E-state index is 5.60. The van der Waals surface area contributed by atoms with Crippen LogP contribution in [0.25, 0.3) is 0 Å². The van der Waals surface area contributed by atoms with Crippen molar-refractivity contribution in [2.75, 3.05) is 5.32 Å². The first-order valence-corrected chi connectivity index (χ1v) is 6.07. The van der Waals surface area contributed by atoms with E-state index in [4.69, 9.17) is 18.0 Å². The maximum Gasteiger partial charge on any atom is 0.130 e. The minimum atomic E-state index is 0.376. The van der Waals surface area contributed by atoms with E-state index in [1.807, 2.05) is 12.1 Å². The molecule has 1 heterocycles. The summed E-state index contributed by atoms with van der Waals surface area (Å²) in [6.07, 6.45) is 1.69. The fourth-order valence-corrected chi connectivity index (χ4v) is 1.87. The van der Waals surface area contributed by atoms with E-state index < -0.39 is 0 Å². The SMILES string of the molecule is Cc1ccc(Nc2cc(C(N)=S)ccn2)c(C)c1. The maximum atomic E-state index is 5.60. The summed E-state index contributed by atoms with van der Waals surface area (Å²) >= 11 is 4.95. The van der Waals surface area contributed by atoms with Crippen LogP contribution in [0.2, 0.25) is 0 Å². The zero-order chi connectivity index (χ0) is 13.1. The third kappa shape index (κ3) is 2.84. The number of aromatic nitrogens is 1. The van der Waals surface area contributed by atoms with E-state index >= 15 is 0 Å². The molecule has 0 radical (unpaired) electrons. The van der Waals surface area contributed by atoms with Gasteiger partial charge in [0.2, 0.25) is 0 Å². The standard InChI is InChI=1S/C14H15N3S/c1-9-3-4-12(10(2)7-9)17-13-8-11(14(15)18)5-6-16-13/h3-8H,1-2H3,(H2,15,18)(H,16,17). The second-order valence-electron chi connectivity index (χ2n) is 4.24. The number of pyridine rings is 1. The van der Waals surface area contributed by atoms with Gasteiger partial charge in [0.1, 0.15) is 10.8 Å². The minimum absolute atomic E-state index is 0.376. The molecule has 2 aromatic rings. The van der Waals surface area contributed by atoms with Gasteiger partial charge >= 0.3 is 0 Å². The highest BCUT2D eigenvalue weighted by Crippen LogP contribution is 2.20. The van der Waals surface area contributed by atoms with Crippen LogP contribution >= 0.6 is 12.2 Å². The molecule has 1 aromatic carbocycles. The van der Waals surface area contributed by atoms with Gasteiger partial charge in [0.25, 0.3) is 0 Å². The summed E-state index contributed by atoms with van der Waals surface area (Å²) in [6.45, 7) is 4.13. The van der Waals surface area contributed by atoms with Gasteiger partial charge in [-0.2, -0.15) is 0 Å². The smallest absolute Gasteiger partial charge is 0.130 e. The molecule has 0 fully saturated rings. The lowest BCUT2D eigenvalue weighted by Gasteiger charge is -2.10. The van der Waals surface area contributed by atoms with E-state index in [0.717, 1.165) is 17.1 Å². The van der Waals surface area contributed by atoms with Crippen LogP contribution in [0.5, 0.6) is 0 Å². The largest absolute Gasteiger partial charge is 0.389 e. The molecule has 92 valence electrons. The molecule has 0 aliphatic carbocycles. The molecule has 18 heavy (non-hydrogen) atoms. The number of nitrogens with two attached hydrogens (primary N) is 1. The second-order valence-corrected chi connectivity index (χ2v) is 4.68.